The highest BCUT2D eigenvalue weighted by atomic mass is 16.4. The van der Waals surface area contributed by atoms with E-state index in [1.165, 1.54) is 0 Å². The van der Waals surface area contributed by atoms with E-state index in [4.69, 9.17) is 5.11 Å². The van der Waals surface area contributed by atoms with Crippen molar-refractivity contribution in [3.8, 4) is 0 Å². The Morgan fingerprint density at radius 3 is 2.58 bits per heavy atom. The van der Waals surface area contributed by atoms with Crippen LogP contribution in [0.3, 0.4) is 0 Å². The van der Waals surface area contributed by atoms with Crippen LogP contribution in [0.2, 0.25) is 0 Å². The van der Waals surface area contributed by atoms with E-state index in [0.717, 1.165) is 12.8 Å². The van der Waals surface area contributed by atoms with Gasteiger partial charge in [-0.3, -0.25) is 9.59 Å². The minimum atomic E-state index is -0.873. The van der Waals surface area contributed by atoms with Crippen molar-refractivity contribution in [2.24, 2.45) is 5.92 Å². The lowest BCUT2D eigenvalue weighted by Gasteiger charge is -2.00. The Morgan fingerprint density at radius 2 is 2.08 bits per heavy atom. The van der Waals surface area contributed by atoms with Crippen LogP contribution in [0.5, 0.6) is 0 Å². The molecule has 0 aliphatic heterocycles. The molecule has 12 heavy (non-hydrogen) atoms. The third-order valence-corrected chi connectivity index (χ3v) is 1.83. The number of rotatable bonds is 5. The van der Waals surface area contributed by atoms with Gasteiger partial charge in [0.2, 0.25) is 5.91 Å². The third kappa shape index (κ3) is 3.95. The Morgan fingerprint density at radius 1 is 1.42 bits per heavy atom. The summed E-state index contributed by atoms with van der Waals surface area (Å²) >= 11 is 0. The highest BCUT2D eigenvalue weighted by Crippen LogP contribution is 2.31. The summed E-state index contributed by atoms with van der Waals surface area (Å²) < 4.78 is 0. The van der Waals surface area contributed by atoms with E-state index in [9.17, 15) is 9.59 Å². The van der Waals surface area contributed by atoms with Crippen LogP contribution in [0.1, 0.15) is 25.7 Å². The van der Waals surface area contributed by atoms with Crippen molar-refractivity contribution < 1.29 is 14.7 Å². The topological polar surface area (TPSA) is 66.4 Å². The van der Waals surface area contributed by atoms with E-state index in [0.29, 0.717) is 12.3 Å². The first-order chi connectivity index (χ1) is 5.68. The number of amides is 1. The van der Waals surface area contributed by atoms with Crippen LogP contribution < -0.4 is 5.32 Å². The second-order valence-electron chi connectivity index (χ2n) is 3.14. The minimum Gasteiger partial charge on any atom is -0.481 e. The Labute approximate surface area is 71.0 Å². The van der Waals surface area contributed by atoms with Crippen LogP contribution in [0.4, 0.5) is 0 Å². The van der Waals surface area contributed by atoms with Crippen LogP contribution in [0.25, 0.3) is 0 Å². The summed E-state index contributed by atoms with van der Waals surface area (Å²) in [4.78, 5) is 21.0. The average molecular weight is 171 g/mol. The van der Waals surface area contributed by atoms with Crippen molar-refractivity contribution in [2.75, 3.05) is 6.54 Å². The van der Waals surface area contributed by atoms with Crippen LogP contribution in [0.15, 0.2) is 0 Å². The normalized spacial score (nSPS) is 15.7. The molecule has 0 atom stereocenters. The predicted octanol–water partition coefficient (Wildman–Crippen LogP) is 0.377. The molecule has 1 amide bonds. The molecular weight excluding hydrogens is 158 g/mol. The molecule has 1 saturated carbocycles. The van der Waals surface area contributed by atoms with E-state index in [1.54, 1.807) is 0 Å². The van der Waals surface area contributed by atoms with Gasteiger partial charge in [0.05, 0.1) is 6.42 Å². The van der Waals surface area contributed by atoms with Gasteiger partial charge in [-0.05, 0) is 18.8 Å². The van der Waals surface area contributed by atoms with Crippen LogP contribution in [-0.2, 0) is 9.59 Å². The predicted molar refractivity (Wildman–Crippen MR) is 42.6 cm³/mol. The first-order valence-electron chi connectivity index (χ1n) is 4.17. The molecule has 0 saturated heterocycles. The zero-order valence-corrected chi connectivity index (χ0v) is 6.88. The quantitative estimate of drug-likeness (QED) is 0.628. The molecule has 1 rings (SSSR count). The number of carbonyl (C=O) groups is 2. The van der Waals surface area contributed by atoms with Gasteiger partial charge in [0.25, 0.3) is 0 Å². The Hall–Kier alpha value is -1.06. The van der Waals surface area contributed by atoms with Gasteiger partial charge in [0.1, 0.15) is 0 Å². The summed E-state index contributed by atoms with van der Waals surface area (Å²) in [5.74, 6) is -0.324. The fourth-order valence-corrected chi connectivity index (χ4v) is 0.965. The summed E-state index contributed by atoms with van der Waals surface area (Å²) in [5, 5.41) is 10.8. The monoisotopic (exact) mass is 171 g/mol. The molecule has 4 nitrogen and oxygen atoms in total. The molecule has 0 heterocycles. The van der Waals surface area contributed by atoms with Crippen molar-refractivity contribution in [3.63, 3.8) is 0 Å². The SMILES string of the molecule is O=C(O)CCNC(=O)CC1CC1. The van der Waals surface area contributed by atoms with Crippen molar-refractivity contribution in [3.05, 3.63) is 0 Å². The number of hydrogen-bond acceptors (Lipinski definition) is 2. The van der Waals surface area contributed by atoms with Crippen molar-refractivity contribution in [2.45, 2.75) is 25.7 Å². The number of carbonyl (C=O) groups excluding carboxylic acids is 1. The molecule has 0 unspecified atom stereocenters. The van der Waals surface area contributed by atoms with Gasteiger partial charge in [-0.25, -0.2) is 0 Å². The molecule has 1 fully saturated rings. The molecule has 1 aliphatic rings. The standard InChI is InChI=1S/C8H13NO3/c10-7(5-6-1-2-6)9-4-3-8(11)12/h6H,1-5H2,(H,9,10)(H,11,12). The summed E-state index contributed by atoms with van der Waals surface area (Å²) in [6.07, 6.45) is 2.87. The zero-order valence-electron chi connectivity index (χ0n) is 6.88. The molecule has 0 aromatic carbocycles. The molecule has 0 bridgehead atoms. The molecule has 2 N–H and O–H groups in total. The average Bonchev–Trinajstić information content (AvgIpc) is 2.70. The van der Waals surface area contributed by atoms with Crippen molar-refractivity contribution >= 4 is 11.9 Å². The minimum absolute atomic E-state index is 0.0103. The highest BCUT2D eigenvalue weighted by Gasteiger charge is 2.23. The molecule has 0 radical (unpaired) electrons. The van der Waals surface area contributed by atoms with E-state index >= 15 is 0 Å². The van der Waals surface area contributed by atoms with Gasteiger partial charge in [0.15, 0.2) is 0 Å². The lowest BCUT2D eigenvalue weighted by atomic mass is 10.3. The van der Waals surface area contributed by atoms with E-state index in [2.05, 4.69) is 5.32 Å². The van der Waals surface area contributed by atoms with Crippen LogP contribution in [-0.4, -0.2) is 23.5 Å². The van der Waals surface area contributed by atoms with Gasteiger partial charge < -0.3 is 10.4 Å². The maximum Gasteiger partial charge on any atom is 0.305 e. The number of carboxylic acid groups (broad SMARTS) is 1. The summed E-state index contributed by atoms with van der Waals surface area (Å²) in [6.45, 7) is 0.251. The molecule has 4 heteroatoms. The number of hydrogen-bond donors (Lipinski definition) is 2. The molecule has 0 aromatic heterocycles. The van der Waals surface area contributed by atoms with E-state index < -0.39 is 5.97 Å². The first kappa shape index (κ1) is 9.03. The molecular formula is C8H13NO3. The number of aliphatic carboxylic acids is 1. The van der Waals surface area contributed by atoms with Crippen LogP contribution in [0, 0.1) is 5.92 Å². The first-order valence-corrected chi connectivity index (χ1v) is 4.17. The van der Waals surface area contributed by atoms with Crippen LogP contribution >= 0.6 is 0 Å². The molecule has 0 spiro atoms. The number of nitrogens with one attached hydrogen (secondary N) is 1. The fraction of sp³-hybridized carbons (Fsp3) is 0.750. The molecule has 0 aromatic rings. The summed E-state index contributed by atoms with van der Waals surface area (Å²) in [6, 6.07) is 0. The van der Waals surface area contributed by atoms with Crippen molar-refractivity contribution in [1.29, 1.82) is 0 Å². The highest BCUT2D eigenvalue weighted by molar-refractivity contribution is 5.77. The Balaban J connectivity index is 1.97. The Kier molecular flexibility index (Phi) is 3.08. The van der Waals surface area contributed by atoms with Gasteiger partial charge in [0, 0.05) is 13.0 Å². The van der Waals surface area contributed by atoms with Crippen molar-refractivity contribution in [1.82, 2.24) is 5.32 Å². The van der Waals surface area contributed by atoms with E-state index in [1.807, 2.05) is 0 Å². The van der Waals surface area contributed by atoms with E-state index in [-0.39, 0.29) is 18.9 Å². The van der Waals surface area contributed by atoms with Gasteiger partial charge in [-0.15, -0.1) is 0 Å². The molecule has 1 aliphatic carbocycles. The molecule has 68 valence electrons. The second-order valence-corrected chi connectivity index (χ2v) is 3.14. The largest absolute Gasteiger partial charge is 0.481 e. The second kappa shape index (κ2) is 4.09. The lowest BCUT2D eigenvalue weighted by molar-refractivity contribution is -0.136. The summed E-state index contributed by atoms with van der Waals surface area (Å²) in [5.41, 5.74) is 0. The third-order valence-electron chi connectivity index (χ3n) is 1.83. The maximum absolute atomic E-state index is 11.0. The van der Waals surface area contributed by atoms with Gasteiger partial charge >= 0.3 is 5.97 Å². The Bertz CT molecular complexity index is 187. The fourth-order valence-electron chi connectivity index (χ4n) is 0.965. The summed E-state index contributed by atoms with van der Waals surface area (Å²) in [7, 11) is 0. The zero-order chi connectivity index (χ0) is 8.97. The lowest BCUT2D eigenvalue weighted by Crippen LogP contribution is -2.26. The smallest absolute Gasteiger partial charge is 0.305 e. The number of carboxylic acids is 1. The van der Waals surface area contributed by atoms with Gasteiger partial charge in [-0.1, -0.05) is 0 Å². The maximum atomic E-state index is 11.0. The van der Waals surface area contributed by atoms with Gasteiger partial charge in [-0.2, -0.15) is 0 Å².